The summed E-state index contributed by atoms with van der Waals surface area (Å²) in [6.45, 7) is 3.93. The summed E-state index contributed by atoms with van der Waals surface area (Å²) in [6.07, 6.45) is 0.0872. The van der Waals surface area contributed by atoms with E-state index in [1.807, 2.05) is 13.8 Å². The van der Waals surface area contributed by atoms with Gasteiger partial charge in [-0.15, -0.1) is 0 Å². The third kappa shape index (κ3) is 3.57. The van der Waals surface area contributed by atoms with E-state index >= 15 is 0 Å². The van der Waals surface area contributed by atoms with Crippen LogP contribution in [0.25, 0.3) is 0 Å². The highest BCUT2D eigenvalue weighted by atomic mass is 35.5. The Morgan fingerprint density at radius 2 is 2.20 bits per heavy atom. The fourth-order valence-electron chi connectivity index (χ4n) is 1.64. The van der Waals surface area contributed by atoms with Crippen molar-refractivity contribution in [3.05, 3.63) is 46.4 Å². The van der Waals surface area contributed by atoms with Gasteiger partial charge in [0.15, 0.2) is 5.82 Å². The Labute approximate surface area is 120 Å². The van der Waals surface area contributed by atoms with Gasteiger partial charge in [-0.3, -0.25) is 4.79 Å². The lowest BCUT2D eigenvalue weighted by Gasteiger charge is -2.03. The van der Waals surface area contributed by atoms with E-state index in [1.54, 1.807) is 6.07 Å². The summed E-state index contributed by atoms with van der Waals surface area (Å²) in [6, 6.07) is 5.86. The minimum absolute atomic E-state index is 0.00108. The minimum Gasteiger partial charge on any atom is -0.359 e. The maximum atomic E-state index is 13.0. The van der Waals surface area contributed by atoms with E-state index in [2.05, 4.69) is 10.5 Å². The molecule has 1 heterocycles. The molecule has 0 aliphatic carbocycles. The van der Waals surface area contributed by atoms with E-state index in [9.17, 15) is 9.18 Å². The number of rotatable bonds is 4. The molecule has 1 N–H and O–H groups in total. The summed E-state index contributed by atoms with van der Waals surface area (Å²) in [7, 11) is 0. The zero-order valence-electron chi connectivity index (χ0n) is 11.1. The zero-order chi connectivity index (χ0) is 14.7. The number of amides is 1. The fraction of sp³-hybridized carbons (Fsp3) is 0.286. The molecule has 20 heavy (non-hydrogen) atoms. The van der Waals surface area contributed by atoms with Crippen molar-refractivity contribution in [2.45, 2.75) is 26.2 Å². The number of carbonyl (C=O) groups is 1. The highest BCUT2D eigenvalue weighted by Crippen LogP contribution is 2.19. The Morgan fingerprint density at radius 3 is 2.80 bits per heavy atom. The van der Waals surface area contributed by atoms with Crippen LogP contribution in [0.15, 0.2) is 28.8 Å². The maximum absolute atomic E-state index is 13.0. The molecule has 4 nitrogen and oxygen atoms in total. The van der Waals surface area contributed by atoms with Crippen molar-refractivity contribution in [1.82, 2.24) is 5.16 Å². The number of hydrogen-bond donors (Lipinski definition) is 1. The molecule has 0 spiro atoms. The van der Waals surface area contributed by atoms with E-state index in [0.29, 0.717) is 17.1 Å². The summed E-state index contributed by atoms with van der Waals surface area (Å²) in [4.78, 5) is 11.8. The second kappa shape index (κ2) is 6.05. The molecule has 2 aromatic rings. The van der Waals surface area contributed by atoms with Crippen LogP contribution in [-0.2, 0) is 11.2 Å². The molecular formula is C14H14ClFN2O2. The number of anilines is 1. The van der Waals surface area contributed by atoms with Crippen molar-refractivity contribution in [1.29, 1.82) is 0 Å². The van der Waals surface area contributed by atoms with Crippen LogP contribution < -0.4 is 5.32 Å². The summed E-state index contributed by atoms with van der Waals surface area (Å²) < 4.78 is 18.1. The predicted octanol–water partition coefficient (Wildman–Crippen LogP) is 3.77. The van der Waals surface area contributed by atoms with E-state index in [1.165, 1.54) is 18.2 Å². The predicted molar refractivity (Wildman–Crippen MR) is 74.3 cm³/mol. The summed E-state index contributed by atoms with van der Waals surface area (Å²) in [5.41, 5.74) is 0.626. The van der Waals surface area contributed by atoms with E-state index in [-0.39, 0.29) is 23.3 Å². The van der Waals surface area contributed by atoms with Gasteiger partial charge in [-0.2, -0.15) is 0 Å². The first-order valence-electron chi connectivity index (χ1n) is 6.16. The molecule has 2 rings (SSSR count). The van der Waals surface area contributed by atoms with Crippen molar-refractivity contribution < 1.29 is 13.7 Å². The van der Waals surface area contributed by atoms with Crippen LogP contribution in [0.3, 0.4) is 0 Å². The molecule has 0 bridgehead atoms. The Balaban J connectivity index is 1.99. The largest absolute Gasteiger partial charge is 0.359 e. The molecule has 0 saturated carbocycles. The van der Waals surface area contributed by atoms with Gasteiger partial charge >= 0.3 is 0 Å². The summed E-state index contributed by atoms with van der Waals surface area (Å²) >= 11 is 5.66. The third-order valence-corrected chi connectivity index (χ3v) is 3.00. The van der Waals surface area contributed by atoms with Gasteiger partial charge in [0.2, 0.25) is 5.91 Å². The quantitative estimate of drug-likeness (QED) is 0.934. The first kappa shape index (κ1) is 14.5. The van der Waals surface area contributed by atoms with Crippen molar-refractivity contribution >= 4 is 23.3 Å². The van der Waals surface area contributed by atoms with Crippen molar-refractivity contribution in [3.8, 4) is 0 Å². The number of benzene rings is 1. The third-order valence-electron chi connectivity index (χ3n) is 2.71. The van der Waals surface area contributed by atoms with Crippen molar-refractivity contribution in [3.63, 3.8) is 0 Å². The molecule has 0 radical (unpaired) electrons. The maximum Gasteiger partial charge on any atom is 0.230 e. The molecule has 0 aliphatic rings. The zero-order valence-corrected chi connectivity index (χ0v) is 11.9. The molecule has 1 amide bonds. The molecule has 1 aromatic carbocycles. The van der Waals surface area contributed by atoms with Crippen LogP contribution in [0.5, 0.6) is 0 Å². The SMILES string of the molecule is CC(C)c1cc(NC(=O)Cc2ccc(F)c(Cl)c2)no1. The molecule has 0 unspecified atom stereocenters. The Kier molecular flexibility index (Phi) is 4.39. The molecule has 0 saturated heterocycles. The van der Waals surface area contributed by atoms with Gasteiger partial charge in [0.1, 0.15) is 11.6 Å². The smallest absolute Gasteiger partial charge is 0.230 e. The number of hydrogen-bond acceptors (Lipinski definition) is 3. The van der Waals surface area contributed by atoms with E-state index < -0.39 is 5.82 Å². The molecule has 0 atom stereocenters. The van der Waals surface area contributed by atoms with Gasteiger partial charge in [0.25, 0.3) is 0 Å². The van der Waals surface area contributed by atoms with Gasteiger partial charge in [0, 0.05) is 12.0 Å². The number of aromatic nitrogens is 1. The Bertz CT molecular complexity index is 625. The summed E-state index contributed by atoms with van der Waals surface area (Å²) in [5, 5.41) is 6.38. The van der Waals surface area contributed by atoms with E-state index in [4.69, 9.17) is 16.1 Å². The van der Waals surface area contributed by atoms with Crippen LogP contribution in [0, 0.1) is 5.82 Å². The van der Waals surface area contributed by atoms with Gasteiger partial charge in [-0.25, -0.2) is 4.39 Å². The monoisotopic (exact) mass is 296 g/mol. The second-order valence-electron chi connectivity index (χ2n) is 4.74. The van der Waals surface area contributed by atoms with Crippen molar-refractivity contribution in [2.24, 2.45) is 0 Å². The first-order valence-corrected chi connectivity index (χ1v) is 6.54. The topological polar surface area (TPSA) is 55.1 Å². The molecule has 6 heteroatoms. The van der Waals surface area contributed by atoms with Crippen LogP contribution in [0.4, 0.5) is 10.2 Å². The van der Waals surface area contributed by atoms with Crippen LogP contribution >= 0.6 is 11.6 Å². The Morgan fingerprint density at radius 1 is 1.45 bits per heavy atom. The lowest BCUT2D eigenvalue weighted by molar-refractivity contribution is -0.115. The van der Waals surface area contributed by atoms with Gasteiger partial charge in [-0.05, 0) is 17.7 Å². The number of halogens is 2. The van der Waals surface area contributed by atoms with Gasteiger partial charge in [-0.1, -0.05) is 36.7 Å². The van der Waals surface area contributed by atoms with Crippen LogP contribution in [0.2, 0.25) is 5.02 Å². The van der Waals surface area contributed by atoms with Crippen molar-refractivity contribution in [2.75, 3.05) is 5.32 Å². The number of nitrogens with one attached hydrogen (secondary N) is 1. The standard InChI is InChI=1S/C14H14ClFN2O2/c1-8(2)12-7-13(18-20-12)17-14(19)6-9-3-4-11(16)10(15)5-9/h3-5,7-8H,6H2,1-2H3,(H,17,18,19). The highest BCUT2D eigenvalue weighted by molar-refractivity contribution is 6.30. The fourth-order valence-corrected chi connectivity index (χ4v) is 1.85. The minimum atomic E-state index is -0.506. The molecule has 0 aliphatic heterocycles. The van der Waals surface area contributed by atoms with E-state index in [0.717, 1.165) is 0 Å². The van der Waals surface area contributed by atoms with Crippen LogP contribution in [-0.4, -0.2) is 11.1 Å². The first-order chi connectivity index (χ1) is 9.45. The molecule has 0 fully saturated rings. The highest BCUT2D eigenvalue weighted by Gasteiger charge is 2.11. The average Bonchev–Trinajstić information content (AvgIpc) is 2.82. The second-order valence-corrected chi connectivity index (χ2v) is 5.15. The molecule has 106 valence electrons. The molecule has 1 aromatic heterocycles. The number of carbonyl (C=O) groups excluding carboxylic acids is 1. The normalized spacial score (nSPS) is 10.8. The summed E-state index contributed by atoms with van der Waals surface area (Å²) in [5.74, 6) is 0.492. The van der Waals surface area contributed by atoms with Gasteiger partial charge < -0.3 is 9.84 Å². The Hall–Kier alpha value is -1.88. The van der Waals surface area contributed by atoms with Crippen LogP contribution in [0.1, 0.15) is 31.1 Å². The lowest BCUT2D eigenvalue weighted by atomic mass is 10.1. The molecular weight excluding hydrogens is 283 g/mol. The number of nitrogens with zero attached hydrogens (tertiary/aromatic N) is 1. The lowest BCUT2D eigenvalue weighted by Crippen LogP contribution is -2.14. The van der Waals surface area contributed by atoms with Gasteiger partial charge in [0.05, 0.1) is 11.4 Å². The average molecular weight is 297 g/mol.